The number of unbranched alkanes of at least 4 members (excludes halogenated alkanes) is 1. The molecule has 1 aliphatic rings. The first-order valence-corrected chi connectivity index (χ1v) is 4.36. The smallest absolute Gasteiger partial charge is 0.0677 e. The van der Waals surface area contributed by atoms with Gasteiger partial charge in [0.15, 0.2) is 0 Å². The molecular weight excluding hydrogens is 130 g/mol. The van der Waals surface area contributed by atoms with Gasteiger partial charge in [-0.15, -0.1) is 11.8 Å². The molecular formula is C7H12NS. The quantitative estimate of drug-likeness (QED) is 0.588. The molecule has 0 saturated heterocycles. The molecule has 9 heavy (non-hydrogen) atoms. The number of thioether (sulfide) groups is 1. The minimum absolute atomic E-state index is 1.05. The molecule has 0 unspecified atom stereocenters. The molecule has 0 saturated carbocycles. The molecule has 0 bridgehead atoms. The monoisotopic (exact) mass is 142 g/mol. The summed E-state index contributed by atoms with van der Waals surface area (Å²) >= 11 is 1.91. The first-order chi connectivity index (χ1) is 4.43. The van der Waals surface area contributed by atoms with Gasteiger partial charge in [0.05, 0.1) is 5.04 Å². The topological polar surface area (TPSA) is 12.4 Å². The molecule has 0 N–H and O–H groups in total. The summed E-state index contributed by atoms with van der Waals surface area (Å²) in [6.07, 6.45) is 4.55. The van der Waals surface area contributed by atoms with Crippen LogP contribution in [0.15, 0.2) is 4.99 Å². The molecule has 0 aromatic carbocycles. The van der Waals surface area contributed by atoms with Crippen LogP contribution < -0.4 is 0 Å². The molecule has 1 rings (SSSR count). The maximum Gasteiger partial charge on any atom is 0.0677 e. The molecule has 0 fully saturated rings. The highest BCUT2D eigenvalue weighted by Gasteiger charge is 2.04. The lowest BCUT2D eigenvalue weighted by atomic mass is 10.3. The molecule has 1 heterocycles. The summed E-state index contributed by atoms with van der Waals surface area (Å²) in [5.74, 6) is 1.21. The first kappa shape index (κ1) is 7.13. The lowest BCUT2D eigenvalue weighted by molar-refractivity contribution is 1.01. The van der Waals surface area contributed by atoms with Gasteiger partial charge in [-0.3, -0.25) is 4.99 Å². The van der Waals surface area contributed by atoms with Gasteiger partial charge in [-0.1, -0.05) is 6.92 Å². The second-order valence-corrected chi connectivity index (χ2v) is 3.24. The third-order valence-electron chi connectivity index (χ3n) is 1.29. The van der Waals surface area contributed by atoms with E-state index in [1.807, 2.05) is 11.8 Å². The van der Waals surface area contributed by atoms with Gasteiger partial charge in [0, 0.05) is 12.3 Å². The van der Waals surface area contributed by atoms with E-state index in [0.717, 1.165) is 6.54 Å². The Morgan fingerprint density at radius 1 is 1.78 bits per heavy atom. The SMILES string of the molecule is C[CH]CCC1=NCCS1. The Kier molecular flexibility index (Phi) is 3.12. The number of nitrogens with zero attached hydrogens (tertiary/aromatic N) is 1. The normalized spacial score (nSPS) is 18.1. The second kappa shape index (κ2) is 3.94. The van der Waals surface area contributed by atoms with Crippen LogP contribution in [0.4, 0.5) is 0 Å². The minimum atomic E-state index is 1.05. The highest BCUT2D eigenvalue weighted by atomic mass is 32.2. The third-order valence-corrected chi connectivity index (χ3v) is 2.35. The average Bonchev–Trinajstić information content (AvgIpc) is 2.34. The fourth-order valence-corrected chi connectivity index (χ4v) is 1.66. The lowest BCUT2D eigenvalue weighted by Gasteiger charge is -1.93. The second-order valence-electron chi connectivity index (χ2n) is 2.07. The van der Waals surface area contributed by atoms with Crippen LogP contribution in [-0.2, 0) is 0 Å². The molecule has 1 nitrogen and oxygen atoms in total. The predicted molar refractivity (Wildman–Crippen MR) is 44.0 cm³/mol. The van der Waals surface area contributed by atoms with Crippen molar-refractivity contribution in [1.29, 1.82) is 0 Å². The van der Waals surface area contributed by atoms with Crippen LogP contribution in [0.1, 0.15) is 19.8 Å². The summed E-state index contributed by atoms with van der Waals surface area (Å²) in [7, 11) is 0. The Bertz CT molecular complexity index is 109. The van der Waals surface area contributed by atoms with Gasteiger partial charge in [0.1, 0.15) is 0 Å². The Balaban J connectivity index is 2.11. The van der Waals surface area contributed by atoms with Crippen molar-refractivity contribution in [2.75, 3.05) is 12.3 Å². The number of hydrogen-bond donors (Lipinski definition) is 0. The molecule has 0 aromatic rings. The van der Waals surface area contributed by atoms with Crippen molar-refractivity contribution >= 4 is 16.8 Å². The van der Waals surface area contributed by atoms with E-state index in [0.29, 0.717) is 0 Å². The van der Waals surface area contributed by atoms with Crippen molar-refractivity contribution in [3.05, 3.63) is 6.42 Å². The highest BCUT2D eigenvalue weighted by molar-refractivity contribution is 8.14. The third kappa shape index (κ3) is 2.39. The largest absolute Gasteiger partial charge is 0.282 e. The van der Waals surface area contributed by atoms with Crippen molar-refractivity contribution in [3.63, 3.8) is 0 Å². The van der Waals surface area contributed by atoms with E-state index in [9.17, 15) is 0 Å². The lowest BCUT2D eigenvalue weighted by Crippen LogP contribution is -1.86. The van der Waals surface area contributed by atoms with Crippen LogP contribution in [0.25, 0.3) is 0 Å². The molecule has 1 radical (unpaired) electrons. The summed E-state index contributed by atoms with van der Waals surface area (Å²) < 4.78 is 0. The van der Waals surface area contributed by atoms with Crippen LogP contribution in [0.2, 0.25) is 0 Å². The first-order valence-electron chi connectivity index (χ1n) is 3.37. The Hall–Kier alpha value is 0.0200. The van der Waals surface area contributed by atoms with Crippen LogP contribution in [0, 0.1) is 6.42 Å². The maximum atomic E-state index is 4.33. The molecule has 0 aliphatic carbocycles. The van der Waals surface area contributed by atoms with Gasteiger partial charge >= 0.3 is 0 Å². The summed E-state index contributed by atoms with van der Waals surface area (Å²) in [4.78, 5) is 4.33. The number of rotatable bonds is 3. The summed E-state index contributed by atoms with van der Waals surface area (Å²) in [6, 6.07) is 0. The van der Waals surface area contributed by atoms with Crippen LogP contribution in [-0.4, -0.2) is 17.3 Å². The van der Waals surface area contributed by atoms with E-state index in [2.05, 4.69) is 18.3 Å². The molecule has 51 valence electrons. The molecule has 2 heteroatoms. The zero-order chi connectivity index (χ0) is 6.53. The highest BCUT2D eigenvalue weighted by Crippen LogP contribution is 2.15. The predicted octanol–water partition coefficient (Wildman–Crippen LogP) is 2.14. The summed E-state index contributed by atoms with van der Waals surface area (Å²) in [5, 5.41) is 1.35. The van der Waals surface area contributed by atoms with Crippen molar-refractivity contribution in [2.24, 2.45) is 4.99 Å². The molecule has 1 aliphatic heterocycles. The number of hydrogen-bond acceptors (Lipinski definition) is 2. The van der Waals surface area contributed by atoms with Crippen molar-refractivity contribution in [3.8, 4) is 0 Å². The maximum absolute atomic E-state index is 4.33. The van der Waals surface area contributed by atoms with Crippen LogP contribution in [0.5, 0.6) is 0 Å². The Morgan fingerprint density at radius 3 is 3.22 bits per heavy atom. The Morgan fingerprint density at radius 2 is 2.67 bits per heavy atom. The molecule has 0 amide bonds. The minimum Gasteiger partial charge on any atom is -0.282 e. The van der Waals surface area contributed by atoms with Gasteiger partial charge < -0.3 is 0 Å². The number of aliphatic imine (C=N–C) groups is 1. The van der Waals surface area contributed by atoms with E-state index in [1.54, 1.807) is 0 Å². The standard InChI is InChI=1S/C7H12NS/c1-2-3-4-7-8-5-6-9-7/h2H,3-6H2,1H3. The van der Waals surface area contributed by atoms with Gasteiger partial charge in [-0.2, -0.15) is 0 Å². The van der Waals surface area contributed by atoms with Crippen LogP contribution in [0.3, 0.4) is 0 Å². The van der Waals surface area contributed by atoms with E-state index >= 15 is 0 Å². The Labute approximate surface area is 60.9 Å². The van der Waals surface area contributed by atoms with Crippen molar-refractivity contribution < 1.29 is 0 Å². The summed E-state index contributed by atoms with van der Waals surface area (Å²) in [6.45, 7) is 3.14. The van der Waals surface area contributed by atoms with E-state index in [1.165, 1.54) is 23.6 Å². The van der Waals surface area contributed by atoms with Crippen molar-refractivity contribution in [1.82, 2.24) is 0 Å². The van der Waals surface area contributed by atoms with Gasteiger partial charge in [0.2, 0.25) is 0 Å². The van der Waals surface area contributed by atoms with Gasteiger partial charge in [-0.25, -0.2) is 0 Å². The molecule has 0 aromatic heterocycles. The average molecular weight is 142 g/mol. The van der Waals surface area contributed by atoms with Gasteiger partial charge in [-0.05, 0) is 19.3 Å². The zero-order valence-corrected chi connectivity index (χ0v) is 6.58. The fraction of sp³-hybridized carbons (Fsp3) is 0.714. The van der Waals surface area contributed by atoms with Gasteiger partial charge in [0.25, 0.3) is 0 Å². The van der Waals surface area contributed by atoms with E-state index in [-0.39, 0.29) is 0 Å². The van der Waals surface area contributed by atoms with Crippen LogP contribution >= 0.6 is 11.8 Å². The zero-order valence-electron chi connectivity index (χ0n) is 5.76. The summed E-state index contributed by atoms with van der Waals surface area (Å²) in [5.41, 5.74) is 0. The van der Waals surface area contributed by atoms with E-state index < -0.39 is 0 Å². The van der Waals surface area contributed by atoms with E-state index in [4.69, 9.17) is 0 Å². The fourth-order valence-electron chi connectivity index (χ4n) is 0.798. The molecule has 0 spiro atoms. The molecule has 0 atom stereocenters. The van der Waals surface area contributed by atoms with Crippen molar-refractivity contribution in [2.45, 2.75) is 19.8 Å².